The lowest BCUT2D eigenvalue weighted by molar-refractivity contribution is -0.115. The van der Waals surface area contributed by atoms with E-state index in [1.54, 1.807) is 44.0 Å². The number of carbonyl (C=O) groups excluding carboxylic acids is 1. The van der Waals surface area contributed by atoms with Gasteiger partial charge in [0.25, 0.3) is 0 Å². The zero-order valence-electron chi connectivity index (χ0n) is 20.5. The normalized spacial score (nSPS) is 11.2. The van der Waals surface area contributed by atoms with E-state index in [9.17, 15) is 9.18 Å². The quantitative estimate of drug-likeness (QED) is 0.265. The third-order valence-corrected chi connectivity index (χ3v) is 6.30. The minimum Gasteiger partial charge on any atom is -0.497 e. The first-order valence-electron chi connectivity index (χ1n) is 11.9. The van der Waals surface area contributed by atoms with E-state index in [1.165, 1.54) is 19.2 Å². The number of hydrogen-bond donors (Lipinski definition) is 3. The molecule has 5 aromatic heterocycles. The van der Waals surface area contributed by atoms with Gasteiger partial charge in [0.05, 0.1) is 53.8 Å². The van der Waals surface area contributed by atoms with Crippen molar-refractivity contribution >= 4 is 33.4 Å². The van der Waals surface area contributed by atoms with Gasteiger partial charge in [-0.15, -0.1) is 0 Å². The van der Waals surface area contributed by atoms with Gasteiger partial charge in [-0.05, 0) is 35.9 Å². The lowest BCUT2D eigenvalue weighted by Crippen LogP contribution is -2.09. The van der Waals surface area contributed by atoms with Crippen LogP contribution in [0.4, 0.5) is 10.1 Å². The number of nitrogens with zero attached hydrogens (tertiary/aromatic N) is 4. The van der Waals surface area contributed by atoms with Gasteiger partial charge < -0.3 is 15.0 Å². The fraction of sp³-hybridized carbons (Fsp3) is 0.107. The van der Waals surface area contributed by atoms with E-state index in [2.05, 4.69) is 35.5 Å². The summed E-state index contributed by atoms with van der Waals surface area (Å²) in [6.07, 6.45) is 8.82. The minimum absolute atomic E-state index is 0.0890. The molecule has 6 aromatic rings. The summed E-state index contributed by atoms with van der Waals surface area (Å²) in [5, 5.41) is 12.1. The Balaban J connectivity index is 1.43. The van der Waals surface area contributed by atoms with Crippen molar-refractivity contribution in [1.82, 2.24) is 30.1 Å². The van der Waals surface area contributed by atoms with Gasteiger partial charge in [-0.2, -0.15) is 5.10 Å². The number of anilines is 1. The third-order valence-electron chi connectivity index (χ3n) is 6.30. The molecular weight excluding hydrogens is 485 g/mol. The molecule has 1 aromatic carbocycles. The highest BCUT2D eigenvalue weighted by Crippen LogP contribution is 2.35. The number of aromatic nitrogens is 6. The fourth-order valence-corrected chi connectivity index (χ4v) is 4.42. The number of H-pyrrole nitrogens is 2. The summed E-state index contributed by atoms with van der Waals surface area (Å²) in [4.78, 5) is 28.4. The molecule has 0 aliphatic carbocycles. The molecule has 6 rings (SSSR count). The van der Waals surface area contributed by atoms with Crippen molar-refractivity contribution in [1.29, 1.82) is 0 Å². The Morgan fingerprint density at radius 2 is 1.82 bits per heavy atom. The molecule has 0 aliphatic heterocycles. The second-order valence-electron chi connectivity index (χ2n) is 8.76. The average Bonchev–Trinajstić information content (AvgIpc) is 3.56. The first kappa shape index (κ1) is 23.3. The Kier molecular flexibility index (Phi) is 5.76. The minimum atomic E-state index is -0.391. The maximum Gasteiger partial charge on any atom is 0.224 e. The van der Waals surface area contributed by atoms with Gasteiger partial charge in [0.1, 0.15) is 17.3 Å². The summed E-state index contributed by atoms with van der Waals surface area (Å²) < 4.78 is 19.5. The van der Waals surface area contributed by atoms with Gasteiger partial charge in [0.2, 0.25) is 5.91 Å². The Morgan fingerprint density at radius 3 is 2.66 bits per heavy atom. The number of methoxy groups -OCH3 is 1. The lowest BCUT2D eigenvalue weighted by Gasteiger charge is -2.06. The maximum absolute atomic E-state index is 14.2. The van der Waals surface area contributed by atoms with Crippen LogP contribution in [0.25, 0.3) is 55.6 Å². The van der Waals surface area contributed by atoms with E-state index < -0.39 is 5.82 Å². The number of ether oxygens (including phenoxy) is 1. The van der Waals surface area contributed by atoms with Gasteiger partial charge >= 0.3 is 0 Å². The van der Waals surface area contributed by atoms with Gasteiger partial charge in [-0.3, -0.25) is 24.8 Å². The molecule has 0 unspecified atom stereocenters. The third kappa shape index (κ3) is 4.21. The lowest BCUT2D eigenvalue weighted by atomic mass is 10.0. The molecule has 0 saturated heterocycles. The predicted molar refractivity (Wildman–Crippen MR) is 143 cm³/mol. The predicted octanol–water partition coefficient (Wildman–Crippen LogP) is 5.73. The van der Waals surface area contributed by atoms with E-state index >= 15 is 0 Å². The monoisotopic (exact) mass is 507 g/mol. The van der Waals surface area contributed by atoms with E-state index in [-0.39, 0.29) is 5.91 Å². The van der Waals surface area contributed by atoms with E-state index in [1.807, 2.05) is 18.2 Å². The number of pyridine rings is 3. The molecule has 9 nitrogen and oxygen atoms in total. The Bertz CT molecular complexity index is 1830. The van der Waals surface area contributed by atoms with Crippen molar-refractivity contribution in [3.63, 3.8) is 0 Å². The number of halogens is 1. The molecule has 1 amide bonds. The molecule has 10 heteroatoms. The van der Waals surface area contributed by atoms with E-state index in [0.717, 1.165) is 38.6 Å². The smallest absolute Gasteiger partial charge is 0.224 e. The van der Waals surface area contributed by atoms with Crippen LogP contribution in [-0.2, 0) is 4.79 Å². The molecule has 0 atom stereocenters. The van der Waals surface area contributed by atoms with Crippen molar-refractivity contribution in [3.8, 4) is 39.5 Å². The first-order valence-corrected chi connectivity index (χ1v) is 11.9. The standard InChI is InChI=1S/C28H22FN7O2/c1-3-27(37)33-18-5-16(10-30-11-18)23-9-21-26(14-32-23)35-36-28(21)24-8-20-22(12-31-13-25(20)34-24)15-4-17(29)7-19(6-15)38-2/h4-14,34H,3H2,1-2H3,(H,33,37)(H,35,36). The van der Waals surface area contributed by atoms with Crippen molar-refractivity contribution in [2.45, 2.75) is 13.3 Å². The van der Waals surface area contributed by atoms with Crippen LogP contribution in [-0.4, -0.2) is 43.2 Å². The maximum atomic E-state index is 14.2. The molecular formula is C28H22FN7O2. The van der Waals surface area contributed by atoms with Crippen LogP contribution in [0.1, 0.15) is 13.3 Å². The Morgan fingerprint density at radius 1 is 0.947 bits per heavy atom. The van der Waals surface area contributed by atoms with E-state index in [4.69, 9.17) is 4.74 Å². The number of carbonyl (C=O) groups is 1. The zero-order chi connectivity index (χ0) is 26.2. The van der Waals surface area contributed by atoms with Crippen LogP contribution in [0, 0.1) is 5.82 Å². The molecule has 5 heterocycles. The second kappa shape index (κ2) is 9.40. The highest BCUT2D eigenvalue weighted by Gasteiger charge is 2.16. The number of nitrogens with one attached hydrogen (secondary N) is 3. The van der Waals surface area contributed by atoms with Crippen LogP contribution in [0.15, 0.2) is 67.4 Å². The molecule has 0 spiro atoms. The van der Waals surface area contributed by atoms with Crippen LogP contribution in [0.5, 0.6) is 5.75 Å². The van der Waals surface area contributed by atoms with Gasteiger partial charge in [-0.1, -0.05) is 6.92 Å². The zero-order valence-corrected chi connectivity index (χ0v) is 20.5. The van der Waals surface area contributed by atoms with Crippen molar-refractivity contribution in [2.75, 3.05) is 12.4 Å². The SMILES string of the molecule is CCC(=O)Nc1cncc(-c2cc3c(-c4cc5c(-c6cc(F)cc(OC)c6)cncc5[nH]4)n[nH]c3cn2)c1. The summed E-state index contributed by atoms with van der Waals surface area (Å²) in [5.41, 5.74) is 6.49. The Hall–Kier alpha value is -5.12. The number of hydrogen-bond acceptors (Lipinski definition) is 6. The van der Waals surface area contributed by atoms with Crippen LogP contribution in [0.3, 0.4) is 0 Å². The van der Waals surface area contributed by atoms with Gasteiger partial charge in [0, 0.05) is 46.8 Å². The molecule has 188 valence electrons. The molecule has 0 radical (unpaired) electrons. The number of fused-ring (bicyclic) bond motifs is 2. The molecule has 0 saturated carbocycles. The van der Waals surface area contributed by atoms with E-state index in [0.29, 0.717) is 34.8 Å². The van der Waals surface area contributed by atoms with Crippen molar-refractivity contribution in [2.24, 2.45) is 0 Å². The highest BCUT2D eigenvalue weighted by molar-refractivity contribution is 6.01. The largest absolute Gasteiger partial charge is 0.497 e. The number of amides is 1. The highest BCUT2D eigenvalue weighted by atomic mass is 19.1. The number of aromatic amines is 2. The molecule has 38 heavy (non-hydrogen) atoms. The average molecular weight is 508 g/mol. The topological polar surface area (TPSA) is 121 Å². The molecule has 3 N–H and O–H groups in total. The summed E-state index contributed by atoms with van der Waals surface area (Å²) in [6.45, 7) is 1.79. The van der Waals surface area contributed by atoms with Crippen LogP contribution in [0.2, 0.25) is 0 Å². The fourth-order valence-electron chi connectivity index (χ4n) is 4.42. The summed E-state index contributed by atoms with van der Waals surface area (Å²) >= 11 is 0. The molecule has 0 bridgehead atoms. The van der Waals surface area contributed by atoms with Gasteiger partial charge in [-0.25, -0.2) is 4.39 Å². The summed E-state index contributed by atoms with van der Waals surface area (Å²) in [5.74, 6) is -0.0500. The molecule has 0 fully saturated rings. The van der Waals surface area contributed by atoms with Crippen LogP contribution < -0.4 is 10.1 Å². The first-order chi connectivity index (χ1) is 18.5. The van der Waals surface area contributed by atoms with Crippen molar-refractivity contribution in [3.05, 3.63) is 73.2 Å². The summed E-state index contributed by atoms with van der Waals surface area (Å²) in [6, 6.07) is 10.3. The Labute approximate surface area is 216 Å². The second-order valence-corrected chi connectivity index (χ2v) is 8.76. The van der Waals surface area contributed by atoms with Gasteiger partial charge in [0.15, 0.2) is 0 Å². The van der Waals surface area contributed by atoms with Crippen molar-refractivity contribution < 1.29 is 13.9 Å². The summed E-state index contributed by atoms with van der Waals surface area (Å²) in [7, 11) is 1.51. The molecule has 0 aliphatic rings. The number of rotatable bonds is 6. The number of benzene rings is 1. The van der Waals surface area contributed by atoms with Crippen LogP contribution >= 0.6 is 0 Å².